The van der Waals surface area contributed by atoms with Gasteiger partial charge in [0.1, 0.15) is 17.6 Å². The van der Waals surface area contributed by atoms with Gasteiger partial charge in [-0.1, -0.05) is 6.92 Å². The summed E-state index contributed by atoms with van der Waals surface area (Å²) in [6.07, 6.45) is 6.94. The van der Waals surface area contributed by atoms with Crippen LogP contribution in [0.3, 0.4) is 0 Å². The van der Waals surface area contributed by atoms with Crippen LogP contribution in [0.15, 0.2) is 28.6 Å². The highest BCUT2D eigenvalue weighted by atomic mass is 16.5. The van der Waals surface area contributed by atoms with Crippen LogP contribution in [-0.4, -0.2) is 76.3 Å². The lowest BCUT2D eigenvalue weighted by Crippen LogP contribution is -2.53. The van der Waals surface area contributed by atoms with Crippen LogP contribution in [0.5, 0.6) is 0 Å². The van der Waals surface area contributed by atoms with Crippen LogP contribution in [0.25, 0.3) is 0 Å². The van der Waals surface area contributed by atoms with Gasteiger partial charge in [-0.25, -0.2) is 15.0 Å². The van der Waals surface area contributed by atoms with Gasteiger partial charge in [-0.2, -0.15) is 5.10 Å². The van der Waals surface area contributed by atoms with Gasteiger partial charge in [0.2, 0.25) is 5.91 Å². The third-order valence-electron chi connectivity index (χ3n) is 6.37. The van der Waals surface area contributed by atoms with Gasteiger partial charge in [-0.3, -0.25) is 14.7 Å². The Bertz CT molecular complexity index is 808. The lowest BCUT2D eigenvalue weighted by atomic mass is 9.94. The third-order valence-corrected chi connectivity index (χ3v) is 6.37. The van der Waals surface area contributed by atoms with Gasteiger partial charge < -0.3 is 10.1 Å². The van der Waals surface area contributed by atoms with E-state index in [1.165, 1.54) is 0 Å². The zero-order valence-electron chi connectivity index (χ0n) is 16.6. The molecule has 1 aromatic heterocycles. The molecule has 0 spiro atoms. The van der Waals surface area contributed by atoms with Gasteiger partial charge in [0.15, 0.2) is 6.17 Å². The third kappa shape index (κ3) is 3.64. The molecule has 0 saturated carbocycles. The zero-order chi connectivity index (χ0) is 19.8. The first-order valence-corrected chi connectivity index (χ1v) is 10.5. The minimum atomic E-state index is -0.299. The van der Waals surface area contributed by atoms with Crippen molar-refractivity contribution >= 4 is 18.0 Å². The van der Waals surface area contributed by atoms with Crippen LogP contribution in [0.2, 0.25) is 0 Å². The average Bonchev–Trinajstić information content (AvgIpc) is 3.33. The summed E-state index contributed by atoms with van der Waals surface area (Å²) in [4.78, 5) is 28.8. The summed E-state index contributed by atoms with van der Waals surface area (Å²) >= 11 is 0. The number of nitrogens with zero attached hydrogens (tertiary/aromatic N) is 6. The molecule has 5 heterocycles. The van der Waals surface area contributed by atoms with Crippen molar-refractivity contribution < 1.29 is 9.53 Å². The molecule has 1 aromatic rings. The molecule has 154 valence electrons. The van der Waals surface area contributed by atoms with E-state index in [1.54, 1.807) is 18.6 Å². The van der Waals surface area contributed by atoms with Gasteiger partial charge in [-0.15, -0.1) is 0 Å². The van der Waals surface area contributed by atoms with E-state index in [2.05, 4.69) is 32.2 Å². The normalized spacial score (nSPS) is 32.9. The fourth-order valence-corrected chi connectivity index (χ4v) is 4.80. The molecule has 1 N–H and O–H groups in total. The fraction of sp³-hybridized carbons (Fsp3) is 0.650. The minimum absolute atomic E-state index is 0.00959. The molecule has 0 bridgehead atoms. The predicted octanol–water partition coefficient (Wildman–Crippen LogP) is 0.496. The molecule has 29 heavy (non-hydrogen) atoms. The molecule has 2 unspecified atom stereocenters. The predicted molar refractivity (Wildman–Crippen MR) is 107 cm³/mol. The summed E-state index contributed by atoms with van der Waals surface area (Å²) in [6, 6.07) is 2.12. The Balaban J connectivity index is 1.32. The number of fused-ring (bicyclic) bond motifs is 1. The van der Waals surface area contributed by atoms with Crippen molar-refractivity contribution in [3.05, 3.63) is 24.3 Å². The van der Waals surface area contributed by atoms with Crippen molar-refractivity contribution in [2.45, 2.75) is 38.5 Å². The van der Waals surface area contributed by atoms with Crippen molar-refractivity contribution in [3.8, 4) is 0 Å². The Morgan fingerprint density at radius 3 is 2.79 bits per heavy atom. The quantitative estimate of drug-likeness (QED) is 0.795. The van der Waals surface area contributed by atoms with Gasteiger partial charge in [-0.05, 0) is 24.8 Å². The van der Waals surface area contributed by atoms with Gasteiger partial charge in [0.05, 0.1) is 12.6 Å². The number of hydrogen-bond donors (Lipinski definition) is 1. The molecule has 0 aliphatic carbocycles. The Morgan fingerprint density at radius 1 is 1.21 bits per heavy atom. The first-order valence-electron chi connectivity index (χ1n) is 10.5. The standard InChI is InChI=1S/C20H27N7O2/c1-13-10-26(12-17-21-5-2-6-22-17)11-16(13)18-24-19-15(20(28)25-18)9-23-27(19)14-3-7-29-8-4-14/h2,5-6,9,13-16,19H,3-4,7-8,10-12H2,1H3,(H,24,25,28)/t13-,15?,16-,19?/m1/s1. The molecule has 4 aliphatic heterocycles. The summed E-state index contributed by atoms with van der Waals surface area (Å²) in [6.45, 7) is 6.20. The number of carbonyl (C=O) groups excluding carboxylic acids is 1. The first-order chi connectivity index (χ1) is 14.2. The maximum absolute atomic E-state index is 12.8. The second kappa shape index (κ2) is 7.79. The van der Waals surface area contributed by atoms with Crippen LogP contribution < -0.4 is 5.32 Å². The Hall–Kier alpha value is -2.39. The molecule has 2 fully saturated rings. The van der Waals surface area contributed by atoms with E-state index in [9.17, 15) is 4.79 Å². The molecule has 5 rings (SSSR count). The van der Waals surface area contributed by atoms with E-state index in [1.807, 2.05) is 11.1 Å². The van der Waals surface area contributed by atoms with Crippen LogP contribution in [0.4, 0.5) is 0 Å². The average molecular weight is 397 g/mol. The molecule has 9 heteroatoms. The van der Waals surface area contributed by atoms with Gasteiger partial charge in [0.25, 0.3) is 0 Å². The number of hydrazone groups is 1. The lowest BCUT2D eigenvalue weighted by molar-refractivity contribution is -0.123. The van der Waals surface area contributed by atoms with Crippen LogP contribution in [0, 0.1) is 17.8 Å². The number of ether oxygens (including phenoxy) is 1. The molecule has 9 nitrogen and oxygen atoms in total. The number of hydrogen-bond acceptors (Lipinski definition) is 8. The van der Waals surface area contributed by atoms with Crippen molar-refractivity contribution in [3.63, 3.8) is 0 Å². The largest absolute Gasteiger partial charge is 0.381 e. The summed E-state index contributed by atoms with van der Waals surface area (Å²) in [5.41, 5.74) is 0. The number of nitrogens with one attached hydrogen (secondary N) is 1. The van der Waals surface area contributed by atoms with Gasteiger partial charge in [0, 0.05) is 50.8 Å². The molecule has 4 aliphatic rings. The van der Waals surface area contributed by atoms with Crippen molar-refractivity contribution in [2.24, 2.45) is 27.8 Å². The SMILES string of the molecule is C[C@@H]1CN(Cc2ncccn2)C[C@H]1C1=NC2C(C=NN2C2CCOCC2)C(=O)N1. The zero-order valence-corrected chi connectivity index (χ0v) is 16.6. The highest BCUT2D eigenvalue weighted by Crippen LogP contribution is 2.31. The molecular weight excluding hydrogens is 370 g/mol. The van der Waals surface area contributed by atoms with Gasteiger partial charge >= 0.3 is 0 Å². The molecule has 1 amide bonds. The summed E-state index contributed by atoms with van der Waals surface area (Å²) in [5.74, 6) is 1.93. The maximum atomic E-state index is 12.8. The highest BCUT2D eigenvalue weighted by Gasteiger charge is 2.45. The number of aromatic nitrogens is 2. The Kier molecular flexibility index (Phi) is 5.01. The van der Waals surface area contributed by atoms with Crippen molar-refractivity contribution in [1.82, 2.24) is 25.2 Å². The van der Waals surface area contributed by atoms with E-state index in [4.69, 9.17) is 9.73 Å². The second-order valence-electron chi connectivity index (χ2n) is 8.37. The lowest BCUT2D eigenvalue weighted by Gasteiger charge is -2.36. The summed E-state index contributed by atoms with van der Waals surface area (Å²) < 4.78 is 5.48. The van der Waals surface area contributed by atoms with Crippen LogP contribution in [0.1, 0.15) is 25.6 Å². The molecule has 0 radical (unpaired) electrons. The molecule has 2 saturated heterocycles. The fourth-order valence-electron chi connectivity index (χ4n) is 4.80. The van der Waals surface area contributed by atoms with E-state index in [0.717, 1.165) is 50.8 Å². The number of amidine groups is 1. The summed E-state index contributed by atoms with van der Waals surface area (Å²) in [5, 5.41) is 9.68. The topological polar surface area (TPSA) is 95.3 Å². The van der Waals surface area contributed by atoms with Crippen LogP contribution in [-0.2, 0) is 16.1 Å². The Morgan fingerprint density at radius 2 is 2.00 bits per heavy atom. The highest BCUT2D eigenvalue weighted by molar-refractivity contribution is 6.08. The smallest absolute Gasteiger partial charge is 0.238 e. The monoisotopic (exact) mass is 397 g/mol. The molecule has 0 aromatic carbocycles. The molecule has 4 atom stereocenters. The summed E-state index contributed by atoms with van der Waals surface area (Å²) in [7, 11) is 0. The number of likely N-dealkylation sites (tertiary alicyclic amines) is 1. The second-order valence-corrected chi connectivity index (χ2v) is 8.37. The Labute approximate surface area is 170 Å². The van der Waals surface area contributed by atoms with E-state index in [0.29, 0.717) is 18.5 Å². The van der Waals surface area contributed by atoms with Crippen molar-refractivity contribution in [1.29, 1.82) is 0 Å². The molecular formula is C20H27N7O2. The number of carbonyl (C=O) groups is 1. The minimum Gasteiger partial charge on any atom is -0.381 e. The number of rotatable bonds is 4. The van der Waals surface area contributed by atoms with E-state index in [-0.39, 0.29) is 23.9 Å². The first kappa shape index (κ1) is 18.6. The number of aliphatic imine (C=N–C) groups is 1. The van der Waals surface area contributed by atoms with Crippen LogP contribution >= 0.6 is 0 Å². The van der Waals surface area contributed by atoms with E-state index >= 15 is 0 Å². The maximum Gasteiger partial charge on any atom is 0.238 e. The van der Waals surface area contributed by atoms with E-state index < -0.39 is 0 Å². The number of amides is 1. The van der Waals surface area contributed by atoms with Crippen molar-refractivity contribution in [2.75, 3.05) is 26.3 Å².